The van der Waals surface area contributed by atoms with Crippen LogP contribution in [0.2, 0.25) is 0 Å². The molecule has 7 N–H and O–H groups in total. The van der Waals surface area contributed by atoms with Crippen LogP contribution < -0.4 is 21.3 Å². The Morgan fingerprint density at radius 3 is 2.64 bits per heavy atom. The molecule has 3 unspecified atom stereocenters. The lowest BCUT2D eigenvalue weighted by molar-refractivity contribution is -0.141. The van der Waals surface area contributed by atoms with Gasteiger partial charge in [-0.25, -0.2) is 9.78 Å². The van der Waals surface area contributed by atoms with E-state index in [2.05, 4.69) is 36.2 Å². The molecular weight excluding hydrogens is 466 g/mol. The van der Waals surface area contributed by atoms with Crippen LogP contribution in [-0.2, 0) is 32.0 Å². The fourth-order valence-corrected chi connectivity index (χ4v) is 4.26. The summed E-state index contributed by atoms with van der Waals surface area (Å²) in [6.07, 6.45) is 6.48. The zero-order chi connectivity index (χ0) is 25.5. The average molecular weight is 496 g/mol. The number of rotatable bonds is 11. The van der Waals surface area contributed by atoms with Crippen molar-refractivity contribution in [3.63, 3.8) is 0 Å². The average Bonchev–Trinajstić information content (AvgIpc) is 3.64. The first-order chi connectivity index (χ1) is 17.4. The molecule has 2 aromatic heterocycles. The Bertz CT molecular complexity index is 1220. The third kappa shape index (κ3) is 6.27. The Balaban J connectivity index is 1.40. The third-order valence-corrected chi connectivity index (χ3v) is 6.14. The van der Waals surface area contributed by atoms with Crippen molar-refractivity contribution in [1.29, 1.82) is 0 Å². The van der Waals surface area contributed by atoms with Gasteiger partial charge in [0, 0.05) is 41.8 Å². The summed E-state index contributed by atoms with van der Waals surface area (Å²) in [6, 6.07) is 5.15. The molecule has 0 saturated carbocycles. The number of imidazole rings is 1. The summed E-state index contributed by atoms with van der Waals surface area (Å²) in [5.74, 6) is -2.69. The highest BCUT2D eigenvalue weighted by Crippen LogP contribution is 2.19. The number of carboxylic acid groups (broad SMARTS) is 1. The number of aromatic amines is 2. The van der Waals surface area contributed by atoms with E-state index in [9.17, 15) is 24.3 Å². The quantitative estimate of drug-likeness (QED) is 0.189. The lowest BCUT2D eigenvalue weighted by Gasteiger charge is -2.21. The van der Waals surface area contributed by atoms with Crippen LogP contribution in [0, 0.1) is 0 Å². The van der Waals surface area contributed by atoms with Gasteiger partial charge in [0.25, 0.3) is 0 Å². The van der Waals surface area contributed by atoms with E-state index < -0.39 is 36.4 Å². The molecule has 0 aliphatic carbocycles. The molecular formula is C24H29N7O5. The van der Waals surface area contributed by atoms with Gasteiger partial charge in [0.2, 0.25) is 17.7 Å². The summed E-state index contributed by atoms with van der Waals surface area (Å²) in [6.45, 7) is 0.300. The molecule has 190 valence electrons. The maximum Gasteiger partial charge on any atom is 0.326 e. The Morgan fingerprint density at radius 1 is 1.08 bits per heavy atom. The van der Waals surface area contributed by atoms with E-state index in [0.717, 1.165) is 29.4 Å². The Kier molecular flexibility index (Phi) is 7.95. The number of hydrogen-bond acceptors (Lipinski definition) is 6. The van der Waals surface area contributed by atoms with Crippen molar-refractivity contribution >= 4 is 34.6 Å². The number of hydrogen-bond donors (Lipinski definition) is 7. The lowest BCUT2D eigenvalue weighted by atomic mass is 10.0. The molecule has 1 saturated heterocycles. The van der Waals surface area contributed by atoms with Crippen LogP contribution in [0.4, 0.5) is 0 Å². The van der Waals surface area contributed by atoms with Gasteiger partial charge in [-0.3, -0.25) is 14.4 Å². The molecule has 1 aromatic carbocycles. The largest absolute Gasteiger partial charge is 0.480 e. The zero-order valence-corrected chi connectivity index (χ0v) is 19.5. The molecule has 12 nitrogen and oxygen atoms in total. The number of aromatic nitrogens is 3. The van der Waals surface area contributed by atoms with E-state index in [1.807, 2.05) is 24.3 Å². The number of amides is 3. The number of nitrogens with one attached hydrogen (secondary N) is 6. The molecule has 3 atom stereocenters. The highest BCUT2D eigenvalue weighted by Gasteiger charge is 2.29. The molecule has 3 aromatic rings. The molecule has 0 bridgehead atoms. The smallest absolute Gasteiger partial charge is 0.326 e. The fourth-order valence-electron chi connectivity index (χ4n) is 4.26. The molecule has 3 amide bonds. The minimum absolute atomic E-state index is 0.0165. The minimum atomic E-state index is -1.21. The predicted octanol–water partition coefficient (Wildman–Crippen LogP) is -0.401. The Labute approximate surface area is 206 Å². The highest BCUT2D eigenvalue weighted by molar-refractivity contribution is 5.93. The van der Waals surface area contributed by atoms with Gasteiger partial charge >= 0.3 is 5.97 Å². The van der Waals surface area contributed by atoms with Gasteiger partial charge in [-0.05, 0) is 31.0 Å². The Morgan fingerprint density at radius 2 is 1.92 bits per heavy atom. The monoisotopic (exact) mass is 495 g/mol. The van der Waals surface area contributed by atoms with E-state index in [4.69, 9.17) is 0 Å². The van der Waals surface area contributed by atoms with Crippen LogP contribution in [0.3, 0.4) is 0 Å². The molecule has 1 aliphatic heterocycles. The number of fused-ring (bicyclic) bond motifs is 1. The summed E-state index contributed by atoms with van der Waals surface area (Å²) in [5.41, 5.74) is 2.31. The van der Waals surface area contributed by atoms with E-state index >= 15 is 0 Å². The first kappa shape index (κ1) is 24.9. The van der Waals surface area contributed by atoms with Gasteiger partial charge in [0.15, 0.2) is 0 Å². The summed E-state index contributed by atoms with van der Waals surface area (Å²) >= 11 is 0. The van der Waals surface area contributed by atoms with Gasteiger partial charge in [0.05, 0.1) is 18.9 Å². The number of para-hydroxylation sites is 1. The molecule has 12 heteroatoms. The Hall–Kier alpha value is -4.19. The number of aliphatic carboxylic acids is 1. The van der Waals surface area contributed by atoms with E-state index in [1.54, 1.807) is 6.20 Å². The number of benzene rings is 1. The van der Waals surface area contributed by atoms with E-state index in [0.29, 0.717) is 12.1 Å². The summed E-state index contributed by atoms with van der Waals surface area (Å²) in [4.78, 5) is 59.6. The molecule has 4 rings (SSSR count). The van der Waals surface area contributed by atoms with Gasteiger partial charge in [0.1, 0.15) is 12.1 Å². The van der Waals surface area contributed by atoms with Crippen LogP contribution in [-0.4, -0.2) is 75.0 Å². The van der Waals surface area contributed by atoms with Crippen LogP contribution in [0.25, 0.3) is 10.9 Å². The van der Waals surface area contributed by atoms with Gasteiger partial charge < -0.3 is 36.3 Å². The second-order valence-electron chi connectivity index (χ2n) is 8.73. The maximum atomic E-state index is 13.1. The van der Waals surface area contributed by atoms with Gasteiger partial charge in [-0.15, -0.1) is 0 Å². The van der Waals surface area contributed by atoms with Gasteiger partial charge in [-0.1, -0.05) is 18.2 Å². The van der Waals surface area contributed by atoms with Crippen LogP contribution in [0.15, 0.2) is 43.0 Å². The van der Waals surface area contributed by atoms with Crippen molar-refractivity contribution in [3.8, 4) is 0 Å². The molecule has 0 radical (unpaired) electrons. The molecule has 36 heavy (non-hydrogen) atoms. The summed E-state index contributed by atoms with van der Waals surface area (Å²) < 4.78 is 0. The van der Waals surface area contributed by atoms with E-state index in [-0.39, 0.29) is 24.8 Å². The second-order valence-corrected chi connectivity index (χ2v) is 8.73. The number of H-pyrrole nitrogens is 2. The minimum Gasteiger partial charge on any atom is -0.480 e. The van der Waals surface area contributed by atoms with Crippen molar-refractivity contribution in [2.45, 2.75) is 43.8 Å². The standard InChI is InChI=1S/C24H29N7O5/c32-21(30-20(24(35)36)9-15-11-25-13-29-15)12-28-22(33)19(31-23(34)18-6-3-7-26-18)8-14-10-27-17-5-2-1-4-16(14)17/h1-2,4-5,10-11,13,18-20,26-27H,3,6-9,12H2,(H,25,29)(H,28,33)(H,30,32)(H,31,34)(H,35,36). The first-order valence-corrected chi connectivity index (χ1v) is 11.8. The number of carbonyl (C=O) groups is 4. The van der Waals surface area contributed by atoms with Crippen LogP contribution in [0.1, 0.15) is 24.1 Å². The normalized spacial score (nSPS) is 16.8. The van der Waals surface area contributed by atoms with Crippen molar-refractivity contribution < 1.29 is 24.3 Å². The third-order valence-electron chi connectivity index (χ3n) is 6.14. The fraction of sp³-hybridized carbons (Fsp3) is 0.375. The number of carbonyl (C=O) groups excluding carboxylic acids is 3. The topological polar surface area (TPSA) is 181 Å². The number of carboxylic acids is 1. The second kappa shape index (κ2) is 11.5. The van der Waals surface area contributed by atoms with Crippen molar-refractivity contribution in [2.75, 3.05) is 13.1 Å². The maximum absolute atomic E-state index is 13.1. The van der Waals surface area contributed by atoms with Gasteiger partial charge in [-0.2, -0.15) is 0 Å². The molecule has 1 fully saturated rings. The first-order valence-electron chi connectivity index (χ1n) is 11.8. The van der Waals surface area contributed by atoms with Crippen molar-refractivity contribution in [2.24, 2.45) is 0 Å². The molecule has 0 spiro atoms. The zero-order valence-electron chi connectivity index (χ0n) is 19.5. The molecule has 3 heterocycles. The van der Waals surface area contributed by atoms with Crippen molar-refractivity contribution in [3.05, 3.63) is 54.2 Å². The van der Waals surface area contributed by atoms with Crippen molar-refractivity contribution in [1.82, 2.24) is 36.2 Å². The SMILES string of the molecule is O=C(CNC(=O)C(Cc1c[nH]c2ccccc12)NC(=O)C1CCCN1)NC(Cc1cnc[nH]1)C(=O)O. The summed E-state index contributed by atoms with van der Waals surface area (Å²) in [5, 5.41) is 21.2. The number of nitrogens with zero attached hydrogens (tertiary/aromatic N) is 1. The summed E-state index contributed by atoms with van der Waals surface area (Å²) in [7, 11) is 0. The highest BCUT2D eigenvalue weighted by atomic mass is 16.4. The predicted molar refractivity (Wildman–Crippen MR) is 130 cm³/mol. The van der Waals surface area contributed by atoms with Crippen LogP contribution in [0.5, 0.6) is 0 Å². The van der Waals surface area contributed by atoms with Crippen LogP contribution >= 0.6 is 0 Å². The van der Waals surface area contributed by atoms with E-state index in [1.165, 1.54) is 12.5 Å². The molecule has 1 aliphatic rings. The lowest BCUT2D eigenvalue weighted by Crippen LogP contribution is -2.54.